The quantitative estimate of drug-likeness (QED) is 0.565. The third-order valence-corrected chi connectivity index (χ3v) is 8.94. The Balaban J connectivity index is 1.16. The summed E-state index contributed by atoms with van der Waals surface area (Å²) in [6.07, 6.45) is 9.88. The van der Waals surface area contributed by atoms with Crippen LogP contribution in [-0.4, -0.2) is 41.3 Å². The Labute approximate surface area is 205 Å². The summed E-state index contributed by atoms with van der Waals surface area (Å²) < 4.78 is 43.9. The molecule has 0 spiro atoms. The number of imidazole rings is 1. The predicted molar refractivity (Wildman–Crippen MR) is 130 cm³/mol. The maximum absolute atomic E-state index is 14.5. The largest absolute Gasteiger partial charge is 0.352 e. The van der Waals surface area contributed by atoms with Crippen molar-refractivity contribution in [2.45, 2.75) is 50.0 Å². The molecule has 2 aromatic carbocycles. The third-order valence-electron chi connectivity index (χ3n) is 7.04. The average Bonchev–Trinajstić information content (AvgIpc) is 3.42. The lowest BCUT2D eigenvalue weighted by Crippen LogP contribution is -2.42. The van der Waals surface area contributed by atoms with Gasteiger partial charge in [-0.25, -0.2) is 17.8 Å². The Morgan fingerprint density at radius 3 is 2.54 bits per heavy atom. The molecule has 0 atom stereocenters. The molecule has 0 saturated carbocycles. The molecule has 0 unspecified atom stereocenters. The van der Waals surface area contributed by atoms with Gasteiger partial charge in [0.05, 0.1) is 16.9 Å². The summed E-state index contributed by atoms with van der Waals surface area (Å²) in [7, 11) is -3.57. The van der Waals surface area contributed by atoms with E-state index in [4.69, 9.17) is 0 Å². The molecule has 0 radical (unpaired) electrons. The molecule has 1 fully saturated rings. The topological polar surface area (TPSA) is 84.3 Å². The number of hydrogen-bond acceptors (Lipinski definition) is 4. The first-order chi connectivity index (χ1) is 16.9. The highest BCUT2D eigenvalue weighted by atomic mass is 32.2. The minimum atomic E-state index is -3.57. The number of benzene rings is 2. The van der Waals surface area contributed by atoms with Gasteiger partial charge in [-0.3, -0.25) is 4.79 Å². The fourth-order valence-corrected chi connectivity index (χ4v) is 6.50. The van der Waals surface area contributed by atoms with Crippen LogP contribution in [-0.2, 0) is 34.2 Å². The fraction of sp³-hybridized carbons (Fsp3) is 0.385. The summed E-state index contributed by atoms with van der Waals surface area (Å²) in [4.78, 5) is 17.0. The van der Waals surface area contributed by atoms with E-state index < -0.39 is 15.8 Å². The first-order valence-corrected chi connectivity index (χ1v) is 13.5. The van der Waals surface area contributed by atoms with Crippen LogP contribution in [0, 0.1) is 11.7 Å². The van der Waals surface area contributed by atoms with Gasteiger partial charge in [0, 0.05) is 37.9 Å². The maximum atomic E-state index is 14.5. The van der Waals surface area contributed by atoms with Gasteiger partial charge in [0.2, 0.25) is 15.9 Å². The molecule has 1 N–H and O–H groups in total. The van der Waals surface area contributed by atoms with Crippen LogP contribution in [0.1, 0.15) is 42.4 Å². The number of carbonyl (C=O) groups is 1. The van der Waals surface area contributed by atoms with Crippen molar-refractivity contribution in [3.05, 3.63) is 77.6 Å². The van der Waals surface area contributed by atoms with E-state index in [2.05, 4.69) is 10.3 Å². The number of hydrogen-bond donors (Lipinski definition) is 1. The normalized spacial score (nSPS) is 17.2. The van der Waals surface area contributed by atoms with E-state index in [-0.39, 0.29) is 18.4 Å². The van der Waals surface area contributed by atoms with Crippen molar-refractivity contribution in [1.29, 1.82) is 0 Å². The van der Waals surface area contributed by atoms with Gasteiger partial charge in [-0.1, -0.05) is 12.1 Å². The highest BCUT2D eigenvalue weighted by molar-refractivity contribution is 7.89. The summed E-state index contributed by atoms with van der Waals surface area (Å²) >= 11 is 0. The van der Waals surface area contributed by atoms with Gasteiger partial charge < -0.3 is 9.88 Å². The van der Waals surface area contributed by atoms with Gasteiger partial charge in [-0.05, 0) is 79.5 Å². The van der Waals surface area contributed by atoms with Crippen molar-refractivity contribution in [2.24, 2.45) is 5.92 Å². The number of halogens is 1. The monoisotopic (exact) mass is 496 g/mol. The Kier molecular flexibility index (Phi) is 6.71. The number of nitrogens with zero attached hydrogens (tertiary/aromatic N) is 3. The second-order valence-corrected chi connectivity index (χ2v) is 11.2. The second kappa shape index (κ2) is 9.91. The number of amides is 1. The smallest absolute Gasteiger partial charge is 0.243 e. The number of rotatable bonds is 6. The minimum Gasteiger partial charge on any atom is -0.352 e. The highest BCUT2D eigenvalue weighted by Gasteiger charge is 2.32. The molecule has 35 heavy (non-hydrogen) atoms. The van der Waals surface area contributed by atoms with Gasteiger partial charge in [0.25, 0.3) is 0 Å². The van der Waals surface area contributed by atoms with E-state index >= 15 is 0 Å². The molecule has 1 amide bonds. The predicted octanol–water partition coefficient (Wildman–Crippen LogP) is 3.61. The van der Waals surface area contributed by atoms with Crippen LogP contribution in [0.15, 0.2) is 60.0 Å². The first-order valence-electron chi connectivity index (χ1n) is 12.1. The molecule has 1 saturated heterocycles. The zero-order chi connectivity index (χ0) is 24.4. The summed E-state index contributed by atoms with van der Waals surface area (Å²) in [5.74, 6) is -0.787. The van der Waals surface area contributed by atoms with Crippen LogP contribution >= 0.6 is 0 Å². The molecular weight excluding hydrogens is 467 g/mol. The third kappa shape index (κ3) is 5.01. The van der Waals surface area contributed by atoms with Crippen molar-refractivity contribution in [1.82, 2.24) is 19.2 Å². The molecule has 1 aliphatic carbocycles. The number of nitrogens with one attached hydrogen (secondary N) is 1. The first kappa shape index (κ1) is 23.7. The van der Waals surface area contributed by atoms with E-state index in [1.807, 2.05) is 12.1 Å². The van der Waals surface area contributed by atoms with Crippen molar-refractivity contribution in [3.63, 3.8) is 0 Å². The summed E-state index contributed by atoms with van der Waals surface area (Å²) in [5, 5.41) is 2.88. The zero-order valence-corrected chi connectivity index (χ0v) is 20.3. The molecule has 5 rings (SSSR count). The molecule has 3 aromatic rings. The van der Waals surface area contributed by atoms with Crippen LogP contribution in [0.5, 0.6) is 0 Å². The number of sulfonamides is 1. The maximum Gasteiger partial charge on any atom is 0.243 e. The van der Waals surface area contributed by atoms with Crippen LogP contribution in [0.25, 0.3) is 5.69 Å². The van der Waals surface area contributed by atoms with E-state index in [1.54, 1.807) is 35.2 Å². The number of carbonyl (C=O) groups excluding carboxylic acids is 1. The number of piperidine rings is 1. The Morgan fingerprint density at radius 2 is 1.83 bits per heavy atom. The lowest BCUT2D eigenvalue weighted by Gasteiger charge is -2.31. The van der Waals surface area contributed by atoms with Crippen LogP contribution in [0.3, 0.4) is 0 Å². The number of fused-ring (bicyclic) bond motifs is 1. The molecule has 184 valence electrons. The van der Waals surface area contributed by atoms with Crippen LogP contribution < -0.4 is 5.32 Å². The average molecular weight is 497 g/mol. The van der Waals surface area contributed by atoms with Gasteiger partial charge in [-0.2, -0.15) is 4.31 Å². The Bertz CT molecular complexity index is 1320. The van der Waals surface area contributed by atoms with Gasteiger partial charge in [0.15, 0.2) is 0 Å². The minimum absolute atomic E-state index is 0.130. The summed E-state index contributed by atoms with van der Waals surface area (Å²) in [6.45, 7) is 0.838. The van der Waals surface area contributed by atoms with Crippen LogP contribution in [0.4, 0.5) is 4.39 Å². The lowest BCUT2D eigenvalue weighted by atomic mass is 9.92. The molecule has 7 nitrogen and oxygen atoms in total. The van der Waals surface area contributed by atoms with E-state index in [9.17, 15) is 17.6 Å². The van der Waals surface area contributed by atoms with Gasteiger partial charge in [-0.15, -0.1) is 0 Å². The number of aromatic nitrogens is 2. The zero-order valence-electron chi connectivity index (χ0n) is 19.5. The molecule has 9 heteroatoms. The Hall–Kier alpha value is -3.04. The second-order valence-electron chi connectivity index (χ2n) is 9.29. The fourth-order valence-electron chi connectivity index (χ4n) is 4.98. The Morgan fingerprint density at radius 1 is 1.06 bits per heavy atom. The molecule has 1 aliphatic heterocycles. The molecule has 0 bridgehead atoms. The molecular formula is C26H29FN4O3S. The van der Waals surface area contributed by atoms with E-state index in [1.165, 1.54) is 22.3 Å². The van der Waals surface area contributed by atoms with Gasteiger partial charge >= 0.3 is 0 Å². The van der Waals surface area contributed by atoms with Crippen molar-refractivity contribution in [2.75, 3.05) is 13.1 Å². The van der Waals surface area contributed by atoms with Crippen molar-refractivity contribution < 1.29 is 17.6 Å². The van der Waals surface area contributed by atoms with Crippen LogP contribution in [0.2, 0.25) is 0 Å². The van der Waals surface area contributed by atoms with E-state index in [0.717, 1.165) is 31.2 Å². The highest BCUT2D eigenvalue weighted by Crippen LogP contribution is 2.28. The van der Waals surface area contributed by atoms with Crippen molar-refractivity contribution >= 4 is 15.9 Å². The summed E-state index contributed by atoms with van der Waals surface area (Å²) in [6, 6.07) is 10.3. The van der Waals surface area contributed by atoms with E-state index in [0.29, 0.717) is 42.1 Å². The molecule has 1 aromatic heterocycles. The summed E-state index contributed by atoms with van der Waals surface area (Å²) in [5.41, 5.74) is 3.44. The molecule has 2 heterocycles. The van der Waals surface area contributed by atoms with Gasteiger partial charge in [0.1, 0.15) is 5.82 Å². The van der Waals surface area contributed by atoms with Crippen molar-refractivity contribution in [3.8, 4) is 5.69 Å². The standard InChI is InChI=1S/C26H29FN4O3S/c27-24-15-19(5-8-25(24)30-14-11-28-18-30)17-29-26(32)21-9-12-31(13-10-21)35(33,34)23-7-6-20-3-1-2-4-22(20)16-23/h5-8,11,14-16,18,21H,1-4,9-10,12-13,17H2,(H,29,32). The lowest BCUT2D eigenvalue weighted by molar-refractivity contribution is -0.126. The number of aryl methyl sites for hydroxylation is 2. The molecule has 2 aliphatic rings. The SMILES string of the molecule is O=C(NCc1ccc(-n2ccnc2)c(F)c1)C1CCN(S(=O)(=O)c2ccc3c(c2)CCCC3)CC1.